The number of aromatic nitrogens is 2. The normalized spacial score (nSPS) is 10.4. The second-order valence-electron chi connectivity index (χ2n) is 4.30. The van der Waals surface area contributed by atoms with E-state index in [0.29, 0.717) is 10.8 Å². The summed E-state index contributed by atoms with van der Waals surface area (Å²) < 4.78 is 0. The minimum atomic E-state index is 0.359. The van der Waals surface area contributed by atoms with Gasteiger partial charge < -0.3 is 11.1 Å². The molecular formula is C15H12N4S. The van der Waals surface area contributed by atoms with Crippen molar-refractivity contribution in [2.45, 2.75) is 0 Å². The molecule has 0 aliphatic heterocycles. The molecule has 0 saturated heterocycles. The molecule has 0 fully saturated rings. The van der Waals surface area contributed by atoms with Crippen molar-refractivity contribution in [3.63, 3.8) is 0 Å². The Labute approximate surface area is 121 Å². The molecule has 3 aromatic rings. The highest BCUT2D eigenvalue weighted by molar-refractivity contribution is 7.80. The summed E-state index contributed by atoms with van der Waals surface area (Å²) in [6, 6.07) is 13.4. The fourth-order valence-electron chi connectivity index (χ4n) is 2.03. The zero-order valence-electron chi connectivity index (χ0n) is 10.6. The van der Waals surface area contributed by atoms with Crippen LogP contribution in [0.5, 0.6) is 0 Å². The Morgan fingerprint density at radius 1 is 1.15 bits per heavy atom. The van der Waals surface area contributed by atoms with Gasteiger partial charge in [0, 0.05) is 17.1 Å². The number of fused-ring (bicyclic) bond motifs is 1. The summed E-state index contributed by atoms with van der Waals surface area (Å²) in [5.41, 5.74) is 8.34. The lowest BCUT2D eigenvalue weighted by Gasteiger charge is -2.10. The van der Waals surface area contributed by atoms with E-state index < -0.39 is 0 Å². The van der Waals surface area contributed by atoms with E-state index in [0.717, 1.165) is 22.2 Å². The van der Waals surface area contributed by atoms with Gasteiger partial charge in [-0.25, -0.2) is 4.98 Å². The van der Waals surface area contributed by atoms with Gasteiger partial charge in [0.25, 0.3) is 0 Å². The van der Waals surface area contributed by atoms with Crippen LogP contribution in [0, 0.1) is 0 Å². The quantitative estimate of drug-likeness (QED) is 0.722. The van der Waals surface area contributed by atoms with Gasteiger partial charge in [-0.05, 0) is 24.3 Å². The van der Waals surface area contributed by atoms with Crippen molar-refractivity contribution in [1.82, 2.24) is 9.97 Å². The molecule has 1 aromatic carbocycles. The van der Waals surface area contributed by atoms with E-state index in [2.05, 4.69) is 15.3 Å². The summed E-state index contributed by atoms with van der Waals surface area (Å²) in [4.78, 5) is 8.98. The first-order valence-corrected chi connectivity index (χ1v) is 6.51. The Balaban J connectivity index is 2.10. The molecule has 0 aliphatic carbocycles. The lowest BCUT2D eigenvalue weighted by atomic mass is 10.1. The molecular weight excluding hydrogens is 268 g/mol. The molecule has 3 rings (SSSR count). The first-order valence-electron chi connectivity index (χ1n) is 6.11. The van der Waals surface area contributed by atoms with Crippen molar-refractivity contribution in [2.75, 3.05) is 5.32 Å². The topological polar surface area (TPSA) is 63.8 Å². The Morgan fingerprint density at radius 2 is 2.00 bits per heavy atom. The van der Waals surface area contributed by atoms with Crippen molar-refractivity contribution in [2.24, 2.45) is 5.73 Å². The summed E-state index contributed by atoms with van der Waals surface area (Å²) in [6.45, 7) is 0. The van der Waals surface area contributed by atoms with Crippen molar-refractivity contribution >= 4 is 39.6 Å². The van der Waals surface area contributed by atoms with Crippen LogP contribution in [0.1, 0.15) is 5.56 Å². The Bertz CT molecular complexity index is 771. The van der Waals surface area contributed by atoms with E-state index in [9.17, 15) is 0 Å². The lowest BCUT2D eigenvalue weighted by Crippen LogP contribution is -2.11. The molecule has 98 valence electrons. The van der Waals surface area contributed by atoms with Crippen LogP contribution in [0.3, 0.4) is 0 Å². The van der Waals surface area contributed by atoms with Crippen molar-refractivity contribution in [1.29, 1.82) is 0 Å². The number of thiocarbonyl (C=S) groups is 1. The lowest BCUT2D eigenvalue weighted by molar-refractivity contribution is 1.30. The first-order chi connectivity index (χ1) is 9.74. The predicted octanol–water partition coefficient (Wildman–Crippen LogP) is 3.01. The summed E-state index contributed by atoms with van der Waals surface area (Å²) in [5.74, 6) is 0.694. The zero-order valence-corrected chi connectivity index (χ0v) is 11.4. The van der Waals surface area contributed by atoms with Gasteiger partial charge in [-0.1, -0.05) is 30.4 Å². The number of nitrogens with zero attached hydrogens (tertiary/aromatic N) is 2. The number of nitrogens with two attached hydrogens (primary N) is 1. The number of anilines is 2. The molecule has 0 spiro atoms. The number of nitrogens with one attached hydrogen (secondary N) is 1. The third-order valence-corrected chi connectivity index (χ3v) is 3.14. The molecule has 3 N–H and O–H groups in total. The van der Waals surface area contributed by atoms with Gasteiger partial charge >= 0.3 is 0 Å². The second-order valence-corrected chi connectivity index (χ2v) is 4.74. The molecule has 0 bridgehead atoms. The maximum atomic E-state index is 5.81. The number of hydrogen-bond acceptors (Lipinski definition) is 4. The van der Waals surface area contributed by atoms with E-state index in [1.165, 1.54) is 0 Å². The van der Waals surface area contributed by atoms with Crippen LogP contribution in [0.25, 0.3) is 10.9 Å². The van der Waals surface area contributed by atoms with E-state index in [1.807, 2.05) is 42.5 Å². The van der Waals surface area contributed by atoms with Gasteiger partial charge in [-0.15, -0.1) is 0 Å². The maximum absolute atomic E-state index is 5.81. The van der Waals surface area contributed by atoms with Gasteiger partial charge in [-0.3, -0.25) is 4.98 Å². The molecule has 0 radical (unpaired) electrons. The fraction of sp³-hybridized carbons (Fsp3) is 0. The molecule has 0 unspecified atom stereocenters. The standard InChI is InChI=1S/C15H12N4S/c16-15(20)12-8-14(18-10-4-3-7-17-9-10)19-13-6-2-1-5-11(12)13/h1-9H,(H2,16,20)(H,18,19). The van der Waals surface area contributed by atoms with Gasteiger partial charge in [-0.2, -0.15) is 0 Å². The smallest absolute Gasteiger partial charge is 0.131 e. The highest BCUT2D eigenvalue weighted by Crippen LogP contribution is 2.22. The Hall–Kier alpha value is -2.53. The van der Waals surface area contributed by atoms with Gasteiger partial charge in [0.15, 0.2) is 0 Å². The Morgan fingerprint density at radius 3 is 2.75 bits per heavy atom. The average Bonchev–Trinajstić information content (AvgIpc) is 2.47. The number of hydrogen-bond donors (Lipinski definition) is 2. The van der Waals surface area contributed by atoms with Crippen LogP contribution in [0.15, 0.2) is 54.9 Å². The number of benzene rings is 1. The van der Waals surface area contributed by atoms with Crippen LogP contribution in [0.2, 0.25) is 0 Å². The van der Waals surface area contributed by atoms with E-state index in [-0.39, 0.29) is 0 Å². The van der Waals surface area contributed by atoms with E-state index in [4.69, 9.17) is 18.0 Å². The van der Waals surface area contributed by atoms with Gasteiger partial charge in [0.1, 0.15) is 10.8 Å². The number of pyridine rings is 2. The van der Waals surface area contributed by atoms with Crippen LogP contribution >= 0.6 is 12.2 Å². The van der Waals surface area contributed by atoms with Crippen LogP contribution in [-0.2, 0) is 0 Å². The summed E-state index contributed by atoms with van der Waals surface area (Å²) >= 11 is 5.12. The highest BCUT2D eigenvalue weighted by atomic mass is 32.1. The highest BCUT2D eigenvalue weighted by Gasteiger charge is 2.07. The van der Waals surface area contributed by atoms with Crippen LogP contribution in [-0.4, -0.2) is 15.0 Å². The molecule has 0 amide bonds. The predicted molar refractivity (Wildman–Crippen MR) is 85.2 cm³/mol. The minimum Gasteiger partial charge on any atom is -0.389 e. The molecule has 5 heteroatoms. The molecule has 0 aliphatic rings. The third-order valence-electron chi connectivity index (χ3n) is 2.92. The van der Waals surface area contributed by atoms with E-state index in [1.54, 1.807) is 12.4 Å². The van der Waals surface area contributed by atoms with E-state index >= 15 is 0 Å². The summed E-state index contributed by atoms with van der Waals surface area (Å²) in [6.07, 6.45) is 3.46. The summed E-state index contributed by atoms with van der Waals surface area (Å²) in [5, 5.41) is 4.16. The number of rotatable bonds is 3. The largest absolute Gasteiger partial charge is 0.389 e. The first kappa shape index (κ1) is 12.5. The molecule has 0 saturated carbocycles. The molecule has 20 heavy (non-hydrogen) atoms. The van der Waals surface area contributed by atoms with Crippen molar-refractivity contribution in [3.8, 4) is 0 Å². The molecule has 2 heterocycles. The monoisotopic (exact) mass is 280 g/mol. The number of para-hydroxylation sites is 1. The summed E-state index contributed by atoms with van der Waals surface area (Å²) in [7, 11) is 0. The van der Waals surface area contributed by atoms with Crippen molar-refractivity contribution in [3.05, 3.63) is 60.4 Å². The Kier molecular flexibility index (Phi) is 3.26. The fourth-order valence-corrected chi connectivity index (χ4v) is 2.20. The SMILES string of the molecule is NC(=S)c1cc(Nc2cccnc2)nc2ccccc12. The van der Waals surface area contributed by atoms with Gasteiger partial charge in [0.2, 0.25) is 0 Å². The molecule has 4 nitrogen and oxygen atoms in total. The van der Waals surface area contributed by atoms with Gasteiger partial charge in [0.05, 0.1) is 17.4 Å². The third kappa shape index (κ3) is 2.44. The van der Waals surface area contributed by atoms with Crippen LogP contribution < -0.4 is 11.1 Å². The zero-order chi connectivity index (χ0) is 13.9. The molecule has 2 aromatic heterocycles. The molecule has 0 atom stereocenters. The second kappa shape index (κ2) is 5.22. The minimum absolute atomic E-state index is 0.359. The average molecular weight is 280 g/mol. The van der Waals surface area contributed by atoms with Crippen LogP contribution in [0.4, 0.5) is 11.5 Å². The van der Waals surface area contributed by atoms with Crippen molar-refractivity contribution < 1.29 is 0 Å². The maximum Gasteiger partial charge on any atom is 0.131 e.